The molecular weight excluding hydrogens is 535 g/mol. The Morgan fingerprint density at radius 3 is 2.42 bits per heavy atom. The van der Waals surface area contributed by atoms with Crippen molar-refractivity contribution in [2.75, 3.05) is 35.2 Å². The molecule has 15 heteroatoms. The number of nitrogens with zero attached hydrogens (tertiary/aromatic N) is 5. The van der Waals surface area contributed by atoms with Gasteiger partial charge in [0.1, 0.15) is 5.82 Å². The van der Waals surface area contributed by atoms with Crippen molar-refractivity contribution in [2.45, 2.75) is 32.4 Å². The first kappa shape index (κ1) is 27.1. The van der Waals surface area contributed by atoms with E-state index in [0.29, 0.717) is 11.4 Å². The molecule has 212 valence electrons. The number of alkyl halides is 3. The molecule has 1 saturated carbocycles. The highest BCUT2D eigenvalue weighted by molar-refractivity contribution is 6.00. The van der Waals surface area contributed by atoms with Gasteiger partial charge in [0.25, 0.3) is 0 Å². The van der Waals surface area contributed by atoms with Gasteiger partial charge < -0.3 is 29.8 Å². The van der Waals surface area contributed by atoms with Crippen molar-refractivity contribution in [3.05, 3.63) is 42.5 Å². The molecule has 0 bridgehead atoms. The second-order valence-corrected chi connectivity index (χ2v) is 9.74. The molecule has 0 aromatic carbocycles. The van der Waals surface area contributed by atoms with Crippen molar-refractivity contribution in [3.8, 4) is 5.88 Å². The fourth-order valence-electron chi connectivity index (χ4n) is 5.49. The van der Waals surface area contributed by atoms with Crippen LogP contribution in [-0.2, 0) is 4.79 Å². The first-order valence-electron chi connectivity index (χ1n) is 12.6. The molecule has 1 aliphatic carbocycles. The van der Waals surface area contributed by atoms with Gasteiger partial charge in [-0.25, -0.2) is 9.97 Å². The summed E-state index contributed by atoms with van der Waals surface area (Å²) in [6.45, 7) is 2.02. The molecule has 3 N–H and O–H groups in total. The number of carboxylic acid groups (broad SMARTS) is 1. The topological polar surface area (TPSA) is 156 Å². The van der Waals surface area contributed by atoms with Crippen LogP contribution < -0.4 is 20.3 Å². The fourth-order valence-corrected chi connectivity index (χ4v) is 5.49. The summed E-state index contributed by atoms with van der Waals surface area (Å²) in [5.74, 6) is -1.18. The number of anilines is 4. The maximum absolute atomic E-state index is 12.5. The minimum Gasteiger partial charge on any atom is -0.481 e. The van der Waals surface area contributed by atoms with Crippen molar-refractivity contribution in [1.82, 2.24) is 20.2 Å². The van der Waals surface area contributed by atoms with Crippen LogP contribution in [0.15, 0.2) is 41.1 Å². The quantitative estimate of drug-likeness (QED) is 0.345. The van der Waals surface area contributed by atoms with E-state index in [-0.39, 0.29) is 35.0 Å². The summed E-state index contributed by atoms with van der Waals surface area (Å²) in [4.78, 5) is 34.5. The highest BCUT2D eigenvalue weighted by Gasteiger charge is 2.67. The van der Waals surface area contributed by atoms with E-state index in [1.54, 1.807) is 12.1 Å². The second-order valence-electron chi connectivity index (χ2n) is 9.74. The standard InChI is InChI=1S/C25H26F3N7O5/c1-2-16-19(22(37)38)24(16)7-9-35(10-8-24)17-5-3-14(11-29-17)31-20(36)21-33-34-23(40-21)32-15-4-6-18(30-12-15)39-13-25(26,27)28/h3-6,11-12,16,19H,2,7-10,13H2,1H3,(H,31,36)(H,32,34)(H,37,38). The van der Waals surface area contributed by atoms with E-state index in [1.165, 1.54) is 24.5 Å². The lowest BCUT2D eigenvalue weighted by molar-refractivity contribution is -0.154. The number of hydrogen-bond acceptors (Lipinski definition) is 10. The van der Waals surface area contributed by atoms with E-state index >= 15 is 0 Å². The van der Waals surface area contributed by atoms with E-state index in [9.17, 15) is 27.9 Å². The van der Waals surface area contributed by atoms with Gasteiger partial charge in [0.15, 0.2) is 6.61 Å². The van der Waals surface area contributed by atoms with Crippen molar-refractivity contribution in [3.63, 3.8) is 0 Å². The van der Waals surface area contributed by atoms with Crippen LogP contribution in [0.4, 0.5) is 36.4 Å². The Bertz CT molecular complexity index is 1360. The molecular formula is C25H26F3N7O5. The molecule has 40 heavy (non-hydrogen) atoms. The molecule has 0 radical (unpaired) electrons. The summed E-state index contributed by atoms with van der Waals surface area (Å²) in [6.07, 6.45) is 0.729. The van der Waals surface area contributed by atoms with Crippen LogP contribution in [0.5, 0.6) is 5.88 Å². The molecule has 1 saturated heterocycles. The van der Waals surface area contributed by atoms with Crippen LogP contribution in [0.3, 0.4) is 0 Å². The lowest BCUT2D eigenvalue weighted by atomic mass is 9.88. The van der Waals surface area contributed by atoms with Crippen LogP contribution in [0.1, 0.15) is 36.9 Å². The van der Waals surface area contributed by atoms with Gasteiger partial charge in [-0.2, -0.15) is 13.2 Å². The van der Waals surface area contributed by atoms with Gasteiger partial charge in [-0.3, -0.25) is 9.59 Å². The van der Waals surface area contributed by atoms with Crippen LogP contribution in [0.25, 0.3) is 0 Å². The van der Waals surface area contributed by atoms with E-state index in [0.717, 1.165) is 38.2 Å². The Hall–Kier alpha value is -4.43. The lowest BCUT2D eigenvalue weighted by Gasteiger charge is -2.34. The highest BCUT2D eigenvalue weighted by Crippen LogP contribution is 2.66. The van der Waals surface area contributed by atoms with Crippen molar-refractivity contribution < 1.29 is 37.0 Å². The number of carbonyl (C=O) groups is 2. The zero-order valence-electron chi connectivity index (χ0n) is 21.3. The number of rotatable bonds is 9. The summed E-state index contributed by atoms with van der Waals surface area (Å²) in [5.41, 5.74) is 0.629. The summed E-state index contributed by atoms with van der Waals surface area (Å²) in [5, 5.41) is 22.3. The van der Waals surface area contributed by atoms with E-state index < -0.39 is 24.7 Å². The molecule has 4 heterocycles. The molecule has 2 atom stereocenters. The largest absolute Gasteiger partial charge is 0.481 e. The normalized spacial score (nSPS) is 19.8. The summed E-state index contributed by atoms with van der Waals surface area (Å²) in [6, 6.07) is 5.98. The fraction of sp³-hybridized carbons (Fsp3) is 0.440. The van der Waals surface area contributed by atoms with Crippen molar-refractivity contribution in [1.29, 1.82) is 0 Å². The third-order valence-electron chi connectivity index (χ3n) is 7.37. The number of halogens is 3. The van der Waals surface area contributed by atoms with E-state index in [2.05, 4.69) is 40.4 Å². The average molecular weight is 562 g/mol. The number of piperidine rings is 1. The van der Waals surface area contributed by atoms with Gasteiger partial charge >= 0.3 is 30.0 Å². The zero-order chi connectivity index (χ0) is 28.5. The number of carboxylic acids is 1. The number of pyridine rings is 2. The molecule has 1 aliphatic heterocycles. The first-order chi connectivity index (χ1) is 19.1. The van der Waals surface area contributed by atoms with Crippen molar-refractivity contribution >= 4 is 35.1 Å². The maximum Gasteiger partial charge on any atom is 0.422 e. The number of carbonyl (C=O) groups excluding carboxylic acids is 1. The number of aliphatic carboxylic acids is 1. The number of aromatic nitrogens is 4. The van der Waals surface area contributed by atoms with E-state index in [1.807, 2.05) is 6.92 Å². The molecule has 1 amide bonds. The Kier molecular flexibility index (Phi) is 7.21. The molecule has 2 aliphatic rings. The van der Waals surface area contributed by atoms with Gasteiger partial charge in [0.05, 0.1) is 29.7 Å². The molecule has 3 aromatic rings. The van der Waals surface area contributed by atoms with Gasteiger partial charge in [-0.1, -0.05) is 18.4 Å². The SMILES string of the molecule is CCC1C(C(=O)O)C12CCN(c1ccc(NC(=O)c3nnc(Nc4ccc(OCC(F)(F)F)nc4)o3)cn1)CC2. The van der Waals surface area contributed by atoms with Gasteiger partial charge in [0, 0.05) is 19.2 Å². The molecule has 5 rings (SSSR count). The minimum absolute atomic E-state index is 0.103. The molecule has 3 aromatic heterocycles. The molecule has 2 unspecified atom stereocenters. The third kappa shape index (κ3) is 5.77. The van der Waals surface area contributed by atoms with Crippen molar-refractivity contribution in [2.24, 2.45) is 17.3 Å². The summed E-state index contributed by atoms with van der Waals surface area (Å²) >= 11 is 0. The molecule has 1 spiro atoms. The predicted molar refractivity (Wildman–Crippen MR) is 134 cm³/mol. The third-order valence-corrected chi connectivity index (χ3v) is 7.37. The van der Waals surface area contributed by atoms with Gasteiger partial charge in [-0.15, -0.1) is 5.10 Å². The molecule has 12 nitrogen and oxygen atoms in total. The average Bonchev–Trinajstić information content (AvgIpc) is 3.29. The van der Waals surface area contributed by atoms with Crippen LogP contribution in [0, 0.1) is 17.3 Å². The minimum atomic E-state index is -4.47. The van der Waals surface area contributed by atoms with Gasteiger partial charge in [0.2, 0.25) is 5.88 Å². The summed E-state index contributed by atoms with van der Waals surface area (Å²) in [7, 11) is 0. The second kappa shape index (κ2) is 10.6. The predicted octanol–water partition coefficient (Wildman–Crippen LogP) is 4.12. The Morgan fingerprint density at radius 1 is 1.12 bits per heavy atom. The zero-order valence-corrected chi connectivity index (χ0v) is 21.3. The summed E-state index contributed by atoms with van der Waals surface area (Å²) < 4.78 is 46.6. The number of hydrogen-bond donors (Lipinski definition) is 3. The van der Waals surface area contributed by atoms with Crippen LogP contribution >= 0.6 is 0 Å². The lowest BCUT2D eigenvalue weighted by Crippen LogP contribution is -2.36. The Labute approximate surface area is 226 Å². The van der Waals surface area contributed by atoms with Gasteiger partial charge in [-0.05, 0) is 42.4 Å². The van der Waals surface area contributed by atoms with E-state index in [4.69, 9.17) is 4.42 Å². The maximum atomic E-state index is 12.5. The Balaban J connectivity index is 1.12. The molecule has 2 fully saturated rings. The first-order valence-corrected chi connectivity index (χ1v) is 12.6. The monoisotopic (exact) mass is 561 g/mol. The number of nitrogens with one attached hydrogen (secondary N) is 2. The van der Waals surface area contributed by atoms with Crippen LogP contribution in [0.2, 0.25) is 0 Å². The highest BCUT2D eigenvalue weighted by atomic mass is 19.4. The Morgan fingerprint density at radius 2 is 1.85 bits per heavy atom. The smallest absolute Gasteiger partial charge is 0.422 e. The number of ether oxygens (including phenoxy) is 1. The number of amides is 1. The van der Waals surface area contributed by atoms with Crippen LogP contribution in [-0.4, -0.2) is 63.0 Å².